The van der Waals surface area contributed by atoms with Gasteiger partial charge in [-0.2, -0.15) is 0 Å². The van der Waals surface area contributed by atoms with E-state index in [2.05, 4.69) is 50.0 Å². The number of para-hydroxylation sites is 1. The van der Waals surface area contributed by atoms with E-state index in [9.17, 15) is 0 Å². The zero-order chi connectivity index (χ0) is 15.0. The van der Waals surface area contributed by atoms with Crippen LogP contribution in [0.15, 0.2) is 42.5 Å². The molecular formula is C18H21N3. The molecule has 0 radical (unpaired) electrons. The number of imidazole rings is 1. The molecule has 0 aliphatic rings. The molecule has 0 fully saturated rings. The van der Waals surface area contributed by atoms with Gasteiger partial charge in [0.05, 0.1) is 11.0 Å². The summed E-state index contributed by atoms with van der Waals surface area (Å²) < 4.78 is 0. The van der Waals surface area contributed by atoms with Gasteiger partial charge < -0.3 is 10.7 Å². The highest BCUT2D eigenvalue weighted by atomic mass is 14.9. The summed E-state index contributed by atoms with van der Waals surface area (Å²) >= 11 is 0. The van der Waals surface area contributed by atoms with Crippen LogP contribution in [0, 0.1) is 0 Å². The van der Waals surface area contributed by atoms with Crippen molar-refractivity contribution in [2.24, 2.45) is 5.73 Å². The molecule has 3 nitrogen and oxygen atoms in total. The Bertz CT molecular complexity index is 761. The lowest BCUT2D eigenvalue weighted by molar-refractivity contribution is 0.590. The van der Waals surface area contributed by atoms with Gasteiger partial charge >= 0.3 is 0 Å². The summed E-state index contributed by atoms with van der Waals surface area (Å²) in [5, 5.41) is 0. The molecule has 3 rings (SSSR count). The average molecular weight is 279 g/mol. The molecule has 21 heavy (non-hydrogen) atoms. The van der Waals surface area contributed by atoms with Crippen molar-refractivity contribution in [1.82, 2.24) is 9.97 Å². The van der Waals surface area contributed by atoms with Crippen LogP contribution in [0.4, 0.5) is 0 Å². The van der Waals surface area contributed by atoms with E-state index in [0.717, 1.165) is 28.0 Å². The van der Waals surface area contributed by atoms with E-state index in [4.69, 9.17) is 10.7 Å². The summed E-state index contributed by atoms with van der Waals surface area (Å²) in [4.78, 5) is 8.09. The number of nitrogens with zero attached hydrogens (tertiary/aromatic N) is 1. The molecule has 0 spiro atoms. The van der Waals surface area contributed by atoms with Crippen LogP contribution in [0.3, 0.4) is 0 Å². The number of aromatic amines is 1. The number of hydrogen-bond donors (Lipinski definition) is 2. The van der Waals surface area contributed by atoms with E-state index in [1.807, 2.05) is 18.2 Å². The van der Waals surface area contributed by atoms with Crippen LogP contribution < -0.4 is 5.73 Å². The fourth-order valence-corrected chi connectivity index (χ4v) is 2.52. The van der Waals surface area contributed by atoms with Gasteiger partial charge in [-0.05, 0) is 22.6 Å². The third kappa shape index (κ3) is 2.57. The number of nitrogens with one attached hydrogen (secondary N) is 1. The minimum absolute atomic E-state index is 0.166. The average Bonchev–Trinajstić information content (AvgIpc) is 2.90. The highest BCUT2D eigenvalue weighted by molar-refractivity contribution is 5.82. The molecule has 0 aliphatic heterocycles. The monoisotopic (exact) mass is 279 g/mol. The van der Waals surface area contributed by atoms with Crippen molar-refractivity contribution in [1.29, 1.82) is 0 Å². The Morgan fingerprint density at radius 2 is 1.76 bits per heavy atom. The molecule has 0 saturated carbocycles. The Kier molecular flexibility index (Phi) is 3.30. The first-order chi connectivity index (χ1) is 9.99. The lowest BCUT2D eigenvalue weighted by Crippen LogP contribution is -2.10. The van der Waals surface area contributed by atoms with E-state index < -0.39 is 0 Å². The minimum atomic E-state index is 0.166. The van der Waals surface area contributed by atoms with Gasteiger partial charge in [0.25, 0.3) is 0 Å². The highest BCUT2D eigenvalue weighted by Gasteiger charge is 2.14. The lowest BCUT2D eigenvalue weighted by atomic mass is 9.87. The molecule has 3 heteroatoms. The predicted octanol–water partition coefficient (Wildman–Crippen LogP) is 3.99. The van der Waals surface area contributed by atoms with Crippen LogP contribution in [-0.4, -0.2) is 9.97 Å². The summed E-state index contributed by atoms with van der Waals surface area (Å²) in [5.74, 6) is 0.895. The first kappa shape index (κ1) is 13.8. The van der Waals surface area contributed by atoms with Crippen LogP contribution >= 0.6 is 0 Å². The Morgan fingerprint density at radius 1 is 1.05 bits per heavy atom. The van der Waals surface area contributed by atoms with Gasteiger partial charge in [-0.15, -0.1) is 0 Å². The maximum absolute atomic E-state index is 5.78. The SMILES string of the molecule is CC(C)(C)c1ccc(-c2nc3c(CN)cccc3[nH]2)cc1. The van der Waals surface area contributed by atoms with Crippen molar-refractivity contribution in [2.45, 2.75) is 32.7 Å². The number of aromatic nitrogens is 2. The smallest absolute Gasteiger partial charge is 0.138 e. The molecule has 0 saturated heterocycles. The standard InChI is InChI=1S/C18H21N3/c1-18(2,3)14-9-7-12(8-10-14)17-20-15-6-4-5-13(11-19)16(15)21-17/h4-10H,11,19H2,1-3H3,(H,20,21). The van der Waals surface area contributed by atoms with Gasteiger partial charge in [0.15, 0.2) is 0 Å². The van der Waals surface area contributed by atoms with Crippen LogP contribution in [0.1, 0.15) is 31.9 Å². The van der Waals surface area contributed by atoms with E-state index in [1.165, 1.54) is 5.56 Å². The first-order valence-electron chi connectivity index (χ1n) is 7.27. The van der Waals surface area contributed by atoms with Crippen LogP contribution in [0.5, 0.6) is 0 Å². The highest BCUT2D eigenvalue weighted by Crippen LogP contribution is 2.26. The zero-order valence-corrected chi connectivity index (χ0v) is 12.8. The lowest BCUT2D eigenvalue weighted by Gasteiger charge is -2.18. The molecule has 0 amide bonds. The molecule has 0 unspecified atom stereocenters. The summed E-state index contributed by atoms with van der Waals surface area (Å²) in [7, 11) is 0. The fourth-order valence-electron chi connectivity index (χ4n) is 2.52. The summed E-state index contributed by atoms with van der Waals surface area (Å²) in [6.07, 6.45) is 0. The summed E-state index contributed by atoms with van der Waals surface area (Å²) in [6.45, 7) is 7.16. The van der Waals surface area contributed by atoms with Gasteiger partial charge in [-0.3, -0.25) is 0 Å². The Hall–Kier alpha value is -2.13. The van der Waals surface area contributed by atoms with Crippen molar-refractivity contribution in [3.05, 3.63) is 53.6 Å². The van der Waals surface area contributed by atoms with E-state index in [-0.39, 0.29) is 5.41 Å². The van der Waals surface area contributed by atoms with E-state index in [1.54, 1.807) is 0 Å². The minimum Gasteiger partial charge on any atom is -0.338 e. The summed E-state index contributed by atoms with van der Waals surface area (Å²) in [6, 6.07) is 14.7. The molecule has 3 N–H and O–H groups in total. The van der Waals surface area contributed by atoms with Crippen molar-refractivity contribution in [3.63, 3.8) is 0 Å². The second kappa shape index (κ2) is 5.01. The van der Waals surface area contributed by atoms with Gasteiger partial charge in [-0.25, -0.2) is 4.98 Å². The number of fused-ring (bicyclic) bond motifs is 1. The number of H-pyrrole nitrogens is 1. The molecule has 0 aliphatic carbocycles. The molecule has 3 aromatic rings. The molecular weight excluding hydrogens is 258 g/mol. The number of nitrogens with two attached hydrogens (primary N) is 1. The molecule has 2 aromatic carbocycles. The van der Waals surface area contributed by atoms with Gasteiger partial charge in [0.2, 0.25) is 0 Å². The maximum atomic E-state index is 5.78. The van der Waals surface area contributed by atoms with E-state index >= 15 is 0 Å². The fraction of sp³-hybridized carbons (Fsp3) is 0.278. The number of benzene rings is 2. The van der Waals surface area contributed by atoms with Crippen LogP contribution in [-0.2, 0) is 12.0 Å². The molecule has 108 valence electrons. The quantitative estimate of drug-likeness (QED) is 0.745. The zero-order valence-electron chi connectivity index (χ0n) is 12.8. The largest absolute Gasteiger partial charge is 0.338 e. The Balaban J connectivity index is 2.04. The third-order valence-corrected chi connectivity index (χ3v) is 3.84. The van der Waals surface area contributed by atoms with Crippen molar-refractivity contribution >= 4 is 11.0 Å². The van der Waals surface area contributed by atoms with Crippen LogP contribution in [0.2, 0.25) is 0 Å². The van der Waals surface area contributed by atoms with Crippen LogP contribution in [0.25, 0.3) is 22.4 Å². The summed E-state index contributed by atoms with van der Waals surface area (Å²) in [5.41, 5.74) is 11.4. The normalized spacial score (nSPS) is 12.0. The van der Waals surface area contributed by atoms with E-state index in [0.29, 0.717) is 6.54 Å². The van der Waals surface area contributed by atoms with Crippen molar-refractivity contribution in [3.8, 4) is 11.4 Å². The third-order valence-electron chi connectivity index (χ3n) is 3.84. The second-order valence-electron chi connectivity index (χ2n) is 6.43. The van der Waals surface area contributed by atoms with Crippen molar-refractivity contribution < 1.29 is 0 Å². The Morgan fingerprint density at radius 3 is 2.38 bits per heavy atom. The first-order valence-corrected chi connectivity index (χ1v) is 7.27. The van der Waals surface area contributed by atoms with Gasteiger partial charge in [0.1, 0.15) is 5.82 Å². The van der Waals surface area contributed by atoms with Gasteiger partial charge in [0, 0.05) is 12.1 Å². The maximum Gasteiger partial charge on any atom is 0.138 e. The van der Waals surface area contributed by atoms with Gasteiger partial charge in [-0.1, -0.05) is 57.2 Å². The van der Waals surface area contributed by atoms with Crippen molar-refractivity contribution in [2.75, 3.05) is 0 Å². The Labute approximate surface area is 125 Å². The molecule has 1 heterocycles. The molecule has 1 aromatic heterocycles. The molecule has 0 atom stereocenters. The predicted molar refractivity (Wildman–Crippen MR) is 88.1 cm³/mol. The number of hydrogen-bond acceptors (Lipinski definition) is 2. The number of rotatable bonds is 2. The topological polar surface area (TPSA) is 54.7 Å². The molecule has 0 bridgehead atoms. The second-order valence-corrected chi connectivity index (χ2v) is 6.43.